The SMILES string of the molecule is N#C/C(=C\c1c[nH]c2ccccc12)C(=O)Nc1ccccc1O. The van der Waals surface area contributed by atoms with Crippen LogP contribution in [-0.4, -0.2) is 16.0 Å². The summed E-state index contributed by atoms with van der Waals surface area (Å²) in [5.74, 6) is -0.621. The first-order valence-corrected chi connectivity index (χ1v) is 6.96. The minimum absolute atomic E-state index is 0.0435. The molecule has 3 rings (SSSR count). The quantitative estimate of drug-likeness (QED) is 0.393. The van der Waals surface area contributed by atoms with Crippen molar-refractivity contribution in [2.45, 2.75) is 0 Å². The lowest BCUT2D eigenvalue weighted by Crippen LogP contribution is -2.13. The Balaban J connectivity index is 1.92. The molecule has 2 aromatic carbocycles. The highest BCUT2D eigenvalue weighted by Crippen LogP contribution is 2.23. The number of amides is 1. The highest BCUT2D eigenvalue weighted by molar-refractivity contribution is 6.11. The number of phenols is 1. The number of benzene rings is 2. The molecule has 23 heavy (non-hydrogen) atoms. The van der Waals surface area contributed by atoms with Crippen LogP contribution in [-0.2, 0) is 4.79 Å². The monoisotopic (exact) mass is 303 g/mol. The molecule has 5 heteroatoms. The third kappa shape index (κ3) is 2.92. The van der Waals surface area contributed by atoms with Crippen LogP contribution in [0.5, 0.6) is 5.75 Å². The second-order valence-electron chi connectivity index (χ2n) is 4.93. The summed E-state index contributed by atoms with van der Waals surface area (Å²) in [6, 6.07) is 15.9. The zero-order valence-electron chi connectivity index (χ0n) is 12.1. The van der Waals surface area contributed by atoms with E-state index < -0.39 is 5.91 Å². The largest absolute Gasteiger partial charge is 0.506 e. The van der Waals surface area contributed by atoms with Gasteiger partial charge in [0.1, 0.15) is 17.4 Å². The Labute approximate surface area is 132 Å². The van der Waals surface area contributed by atoms with Crippen LogP contribution in [0.3, 0.4) is 0 Å². The van der Waals surface area contributed by atoms with Gasteiger partial charge in [0.2, 0.25) is 0 Å². The molecule has 3 N–H and O–H groups in total. The fourth-order valence-electron chi connectivity index (χ4n) is 2.29. The van der Waals surface area contributed by atoms with E-state index in [1.165, 1.54) is 12.1 Å². The van der Waals surface area contributed by atoms with E-state index in [9.17, 15) is 15.2 Å². The van der Waals surface area contributed by atoms with Gasteiger partial charge in [-0.3, -0.25) is 4.79 Å². The van der Waals surface area contributed by atoms with Crippen molar-refractivity contribution in [3.63, 3.8) is 0 Å². The lowest BCUT2D eigenvalue weighted by Gasteiger charge is -2.05. The number of H-pyrrole nitrogens is 1. The minimum Gasteiger partial charge on any atom is -0.506 e. The van der Waals surface area contributed by atoms with Gasteiger partial charge in [0.25, 0.3) is 5.91 Å². The number of nitrogens with zero attached hydrogens (tertiary/aromatic N) is 1. The minimum atomic E-state index is -0.570. The first-order chi connectivity index (χ1) is 11.2. The van der Waals surface area contributed by atoms with Crippen LogP contribution in [0.1, 0.15) is 5.56 Å². The molecule has 1 amide bonds. The number of anilines is 1. The van der Waals surface area contributed by atoms with Crippen molar-refractivity contribution in [2.24, 2.45) is 0 Å². The van der Waals surface area contributed by atoms with E-state index in [0.717, 1.165) is 16.5 Å². The molecule has 0 aliphatic carbocycles. The molecule has 0 saturated heterocycles. The van der Waals surface area contributed by atoms with Gasteiger partial charge in [-0.25, -0.2) is 0 Å². The molecule has 0 unspecified atom stereocenters. The molecule has 3 aromatic rings. The van der Waals surface area contributed by atoms with E-state index in [1.54, 1.807) is 24.4 Å². The molecule has 0 atom stereocenters. The summed E-state index contributed by atoms with van der Waals surface area (Å²) < 4.78 is 0. The van der Waals surface area contributed by atoms with Crippen LogP contribution in [0.15, 0.2) is 60.3 Å². The Hall–Kier alpha value is -3.52. The summed E-state index contributed by atoms with van der Waals surface area (Å²) in [6.45, 7) is 0. The third-order valence-corrected chi connectivity index (χ3v) is 3.44. The zero-order chi connectivity index (χ0) is 16.2. The van der Waals surface area contributed by atoms with Crippen molar-refractivity contribution >= 4 is 28.6 Å². The second kappa shape index (κ2) is 6.08. The van der Waals surface area contributed by atoms with Gasteiger partial charge in [0, 0.05) is 22.7 Å². The van der Waals surface area contributed by atoms with Crippen LogP contribution >= 0.6 is 0 Å². The van der Waals surface area contributed by atoms with Gasteiger partial charge in [-0.15, -0.1) is 0 Å². The molecule has 0 bridgehead atoms. The standard InChI is InChI=1S/C18H13N3O2/c19-10-12(18(23)21-16-7-3-4-8-17(16)22)9-13-11-20-15-6-2-1-5-14(13)15/h1-9,11,20,22H,(H,21,23)/b12-9+. The average molecular weight is 303 g/mol. The molecule has 0 aliphatic heterocycles. The maximum absolute atomic E-state index is 12.2. The maximum Gasteiger partial charge on any atom is 0.266 e. The second-order valence-corrected chi connectivity index (χ2v) is 4.93. The number of carbonyl (C=O) groups is 1. The van der Waals surface area contributed by atoms with Gasteiger partial charge in [-0.1, -0.05) is 30.3 Å². The van der Waals surface area contributed by atoms with Gasteiger partial charge in [-0.2, -0.15) is 5.26 Å². The number of para-hydroxylation sites is 3. The number of aromatic nitrogens is 1. The Morgan fingerprint density at radius 3 is 2.70 bits per heavy atom. The highest BCUT2D eigenvalue weighted by atomic mass is 16.3. The summed E-state index contributed by atoms with van der Waals surface area (Å²) in [7, 11) is 0. The smallest absolute Gasteiger partial charge is 0.266 e. The number of nitriles is 1. The van der Waals surface area contributed by atoms with Crippen molar-refractivity contribution in [2.75, 3.05) is 5.32 Å². The van der Waals surface area contributed by atoms with Gasteiger partial charge in [0.05, 0.1) is 5.69 Å². The van der Waals surface area contributed by atoms with E-state index in [1.807, 2.05) is 30.3 Å². The Bertz CT molecular complexity index is 948. The number of fused-ring (bicyclic) bond motifs is 1. The van der Waals surface area contributed by atoms with E-state index in [4.69, 9.17) is 0 Å². The molecule has 5 nitrogen and oxygen atoms in total. The molecule has 0 radical (unpaired) electrons. The molecule has 1 heterocycles. The molecule has 112 valence electrons. The molecular formula is C18H13N3O2. The number of nitrogens with one attached hydrogen (secondary N) is 2. The van der Waals surface area contributed by atoms with Crippen molar-refractivity contribution in [1.29, 1.82) is 5.26 Å². The van der Waals surface area contributed by atoms with E-state index >= 15 is 0 Å². The van der Waals surface area contributed by atoms with Crippen molar-refractivity contribution in [3.05, 3.63) is 65.9 Å². The normalized spacial score (nSPS) is 11.2. The third-order valence-electron chi connectivity index (χ3n) is 3.44. The Morgan fingerprint density at radius 2 is 1.91 bits per heavy atom. The van der Waals surface area contributed by atoms with Crippen LogP contribution in [0.25, 0.3) is 17.0 Å². The lowest BCUT2D eigenvalue weighted by atomic mass is 10.1. The maximum atomic E-state index is 12.2. The summed E-state index contributed by atoms with van der Waals surface area (Å²) >= 11 is 0. The van der Waals surface area contributed by atoms with Gasteiger partial charge in [0.15, 0.2) is 0 Å². The average Bonchev–Trinajstić information content (AvgIpc) is 2.97. The van der Waals surface area contributed by atoms with Crippen LogP contribution < -0.4 is 5.32 Å². The summed E-state index contributed by atoms with van der Waals surface area (Å²) in [6.07, 6.45) is 3.27. The molecular weight excluding hydrogens is 290 g/mol. The highest BCUT2D eigenvalue weighted by Gasteiger charge is 2.12. The van der Waals surface area contributed by atoms with E-state index in [2.05, 4.69) is 10.3 Å². The van der Waals surface area contributed by atoms with Crippen molar-refractivity contribution in [3.8, 4) is 11.8 Å². The summed E-state index contributed by atoms with van der Waals surface area (Å²) in [4.78, 5) is 15.3. The fraction of sp³-hybridized carbons (Fsp3) is 0. The number of aromatic hydroxyl groups is 1. The van der Waals surface area contributed by atoms with Gasteiger partial charge < -0.3 is 15.4 Å². The van der Waals surface area contributed by atoms with Gasteiger partial charge in [-0.05, 0) is 24.3 Å². The number of phenolic OH excluding ortho intramolecular Hbond substituents is 1. The number of hydrogen-bond acceptors (Lipinski definition) is 3. The first kappa shape index (κ1) is 14.4. The van der Waals surface area contributed by atoms with Crippen LogP contribution in [0.2, 0.25) is 0 Å². The molecule has 1 aromatic heterocycles. The van der Waals surface area contributed by atoms with Crippen LogP contribution in [0, 0.1) is 11.3 Å². The van der Waals surface area contributed by atoms with Gasteiger partial charge >= 0.3 is 0 Å². The lowest BCUT2D eigenvalue weighted by molar-refractivity contribution is -0.112. The molecule has 0 aliphatic rings. The first-order valence-electron chi connectivity index (χ1n) is 6.96. The number of hydrogen-bond donors (Lipinski definition) is 3. The van der Waals surface area contributed by atoms with E-state index in [-0.39, 0.29) is 17.0 Å². The topological polar surface area (TPSA) is 88.9 Å². The van der Waals surface area contributed by atoms with E-state index in [0.29, 0.717) is 0 Å². The fourth-order valence-corrected chi connectivity index (χ4v) is 2.29. The van der Waals surface area contributed by atoms with Crippen molar-refractivity contribution in [1.82, 2.24) is 4.98 Å². The Kier molecular flexibility index (Phi) is 3.81. The van der Waals surface area contributed by atoms with Crippen LogP contribution in [0.4, 0.5) is 5.69 Å². The Morgan fingerprint density at radius 1 is 1.17 bits per heavy atom. The molecule has 0 saturated carbocycles. The number of carbonyl (C=O) groups excluding carboxylic acids is 1. The predicted octanol–water partition coefficient (Wildman–Crippen LogP) is 3.42. The summed E-state index contributed by atoms with van der Waals surface area (Å²) in [5.41, 5.74) is 1.90. The molecule has 0 fully saturated rings. The van der Waals surface area contributed by atoms with Crippen molar-refractivity contribution < 1.29 is 9.90 Å². The predicted molar refractivity (Wildman–Crippen MR) is 88.6 cm³/mol. The zero-order valence-corrected chi connectivity index (χ0v) is 12.1. The summed E-state index contributed by atoms with van der Waals surface area (Å²) in [5, 5.41) is 22.4. The number of aromatic amines is 1. The number of rotatable bonds is 3. The molecule has 0 spiro atoms.